The van der Waals surface area contributed by atoms with E-state index in [0.29, 0.717) is 18.7 Å². The van der Waals surface area contributed by atoms with E-state index in [0.717, 1.165) is 56.0 Å². The predicted molar refractivity (Wildman–Crippen MR) is 145 cm³/mol. The van der Waals surface area contributed by atoms with Crippen LogP contribution in [0.2, 0.25) is 0 Å². The van der Waals surface area contributed by atoms with Crippen LogP contribution in [-0.4, -0.2) is 70.1 Å². The Morgan fingerprint density at radius 1 is 1.13 bits per heavy atom. The number of nitrogens with one attached hydrogen (secondary N) is 2. The third kappa shape index (κ3) is 6.14. The summed E-state index contributed by atoms with van der Waals surface area (Å²) in [5.41, 5.74) is 3.74. The normalized spacial score (nSPS) is 21.9. The maximum atomic E-state index is 11.9. The number of rotatable bonds is 8. The quantitative estimate of drug-likeness (QED) is 0.340. The van der Waals surface area contributed by atoms with E-state index in [2.05, 4.69) is 68.4 Å². The second kappa shape index (κ2) is 11.5. The molecule has 198 valence electrons. The van der Waals surface area contributed by atoms with E-state index in [-0.39, 0.29) is 17.2 Å². The number of nitrogens with zero attached hydrogens (tertiary/aromatic N) is 2. The molecule has 0 bridgehead atoms. The van der Waals surface area contributed by atoms with Gasteiger partial charge >= 0.3 is 0 Å². The highest BCUT2D eigenvalue weighted by Crippen LogP contribution is 2.51. The van der Waals surface area contributed by atoms with E-state index >= 15 is 0 Å². The molecule has 1 aliphatic carbocycles. The summed E-state index contributed by atoms with van der Waals surface area (Å²) >= 11 is 0. The van der Waals surface area contributed by atoms with Crippen molar-refractivity contribution in [3.63, 3.8) is 0 Å². The maximum Gasteiger partial charge on any atom is 0.293 e. The van der Waals surface area contributed by atoms with Gasteiger partial charge in [-0.2, -0.15) is 0 Å². The highest BCUT2D eigenvalue weighted by Gasteiger charge is 2.55. The van der Waals surface area contributed by atoms with Crippen molar-refractivity contribution in [2.24, 2.45) is 0 Å². The Labute approximate surface area is 222 Å². The van der Waals surface area contributed by atoms with Crippen LogP contribution in [0.1, 0.15) is 41.3 Å². The average Bonchev–Trinajstić information content (AvgIpc) is 3.64. The third-order valence-electron chi connectivity index (χ3n) is 7.40. The lowest BCUT2D eigenvalue weighted by Gasteiger charge is -2.26. The second-order valence-electron chi connectivity index (χ2n) is 10.3. The van der Waals surface area contributed by atoms with Crippen molar-refractivity contribution in [2.75, 3.05) is 32.8 Å². The lowest BCUT2D eigenvalue weighted by atomic mass is 9.89. The van der Waals surface area contributed by atoms with Crippen LogP contribution in [0.4, 0.5) is 0 Å². The van der Waals surface area contributed by atoms with Crippen LogP contribution < -0.4 is 10.9 Å². The highest BCUT2D eigenvalue weighted by molar-refractivity contribution is 5.47. The summed E-state index contributed by atoms with van der Waals surface area (Å²) in [5.74, 6) is 6.17. The number of hydrogen-bond acceptors (Lipinski definition) is 7. The minimum Gasteiger partial charge on any atom is -0.502 e. The highest BCUT2D eigenvalue weighted by atomic mass is 16.5. The molecule has 0 amide bonds. The number of aliphatic hydroxyl groups excluding tert-OH is 1. The van der Waals surface area contributed by atoms with Gasteiger partial charge in [-0.05, 0) is 48.7 Å². The molecule has 0 spiro atoms. The van der Waals surface area contributed by atoms with Gasteiger partial charge in [0.05, 0.1) is 31.3 Å². The fourth-order valence-corrected chi connectivity index (χ4v) is 5.10. The number of hydrogen-bond donors (Lipinski definition) is 4. The molecule has 2 fully saturated rings. The summed E-state index contributed by atoms with van der Waals surface area (Å²) in [4.78, 5) is 20.9. The van der Waals surface area contributed by atoms with E-state index < -0.39 is 11.7 Å². The van der Waals surface area contributed by atoms with E-state index in [4.69, 9.17) is 4.74 Å². The van der Waals surface area contributed by atoms with Crippen molar-refractivity contribution >= 4 is 0 Å². The van der Waals surface area contributed by atoms with Crippen LogP contribution in [0.25, 0.3) is 0 Å². The first kappa shape index (κ1) is 26.1. The van der Waals surface area contributed by atoms with Gasteiger partial charge in [0.15, 0.2) is 0 Å². The van der Waals surface area contributed by atoms with Crippen LogP contribution in [0.3, 0.4) is 0 Å². The van der Waals surface area contributed by atoms with Crippen LogP contribution in [0.15, 0.2) is 59.7 Å². The van der Waals surface area contributed by atoms with Gasteiger partial charge in [-0.1, -0.05) is 36.1 Å². The first-order valence-electron chi connectivity index (χ1n) is 13.1. The number of aromatic hydroxyl groups is 1. The topological polar surface area (TPSA) is 111 Å². The Morgan fingerprint density at radius 2 is 1.79 bits per heavy atom. The second-order valence-corrected chi connectivity index (χ2v) is 10.3. The molecule has 1 aromatic heterocycles. The van der Waals surface area contributed by atoms with Gasteiger partial charge in [-0.15, -0.1) is 0 Å². The van der Waals surface area contributed by atoms with Crippen molar-refractivity contribution in [1.82, 2.24) is 20.2 Å². The zero-order valence-electron chi connectivity index (χ0n) is 21.6. The molecule has 1 saturated heterocycles. The van der Waals surface area contributed by atoms with Gasteiger partial charge < -0.3 is 25.3 Å². The lowest BCUT2D eigenvalue weighted by molar-refractivity contribution is 0.0342. The summed E-state index contributed by atoms with van der Waals surface area (Å²) in [5, 5.41) is 23.4. The molecule has 2 heterocycles. The molecule has 1 aliphatic heterocycles. The Kier molecular flexibility index (Phi) is 7.91. The molecule has 3 aromatic rings. The largest absolute Gasteiger partial charge is 0.502 e. The number of benzene rings is 2. The fraction of sp³-hybridized carbons (Fsp3) is 0.400. The molecule has 2 aromatic carbocycles. The van der Waals surface area contributed by atoms with Gasteiger partial charge in [-0.25, -0.2) is 4.98 Å². The van der Waals surface area contributed by atoms with E-state index in [1.54, 1.807) is 6.92 Å². The van der Waals surface area contributed by atoms with Crippen molar-refractivity contribution in [3.8, 4) is 17.6 Å². The molecule has 8 heteroatoms. The number of H-pyrrole nitrogens is 1. The van der Waals surface area contributed by atoms with Crippen LogP contribution in [0, 0.1) is 11.8 Å². The van der Waals surface area contributed by atoms with Gasteiger partial charge in [0.1, 0.15) is 0 Å². The predicted octanol–water partition coefficient (Wildman–Crippen LogP) is 1.93. The third-order valence-corrected chi connectivity index (χ3v) is 7.40. The average molecular weight is 515 g/mol. The molecule has 3 atom stereocenters. The Balaban J connectivity index is 1.29. The standard InChI is InChI=1S/C30H34N4O4/c1-21(35)18-31-27-17-30(27,16-26-28(36)29(37)33-20-32-26)25-10-8-23(9-11-25)3-2-22-4-6-24(7-5-22)19-34-12-14-38-15-13-34/h4-11,20-21,27,31,35-36H,12-19H2,1H3,(H,32,33,37)/t21-,27-,30?/m0/s1. The molecule has 1 saturated carbocycles. The Morgan fingerprint density at radius 3 is 2.45 bits per heavy atom. The van der Waals surface area contributed by atoms with E-state index in [9.17, 15) is 15.0 Å². The molecular weight excluding hydrogens is 480 g/mol. The minimum absolute atomic E-state index is 0.102. The number of aliphatic hydroxyl groups is 1. The van der Waals surface area contributed by atoms with Crippen molar-refractivity contribution in [2.45, 2.75) is 43.9 Å². The summed E-state index contributed by atoms with van der Waals surface area (Å²) in [6.45, 7) is 6.68. The first-order chi connectivity index (χ1) is 18.4. The fourth-order valence-electron chi connectivity index (χ4n) is 5.10. The van der Waals surface area contributed by atoms with Gasteiger partial charge in [0.25, 0.3) is 5.56 Å². The SMILES string of the molecule is C[C@H](O)CN[C@H]1CC1(Cc1nc[nH]c(=O)c1O)c1ccc(C#Cc2ccc(CN3CCOCC3)cc2)cc1. The summed E-state index contributed by atoms with van der Waals surface area (Å²) in [6, 6.07) is 16.6. The Hall–Kier alpha value is -3.48. The van der Waals surface area contributed by atoms with Crippen molar-refractivity contribution in [1.29, 1.82) is 0 Å². The monoisotopic (exact) mass is 514 g/mol. The Bertz CT molecular complexity index is 1350. The van der Waals surface area contributed by atoms with Gasteiger partial charge in [0.2, 0.25) is 5.75 Å². The molecule has 0 radical (unpaired) electrons. The molecule has 2 aliphatic rings. The number of aromatic nitrogens is 2. The van der Waals surface area contributed by atoms with Crippen molar-refractivity contribution < 1.29 is 14.9 Å². The summed E-state index contributed by atoms with van der Waals surface area (Å²) < 4.78 is 5.42. The molecule has 38 heavy (non-hydrogen) atoms. The van der Waals surface area contributed by atoms with Gasteiger partial charge in [-0.3, -0.25) is 9.69 Å². The first-order valence-corrected chi connectivity index (χ1v) is 13.1. The minimum atomic E-state index is -0.543. The number of aromatic amines is 1. The van der Waals surface area contributed by atoms with Crippen LogP contribution >= 0.6 is 0 Å². The molecule has 5 rings (SSSR count). The molecular formula is C30H34N4O4. The van der Waals surface area contributed by atoms with Crippen LogP contribution in [0.5, 0.6) is 5.75 Å². The molecule has 8 nitrogen and oxygen atoms in total. The smallest absolute Gasteiger partial charge is 0.293 e. The summed E-state index contributed by atoms with van der Waals surface area (Å²) in [7, 11) is 0. The molecule has 1 unspecified atom stereocenters. The van der Waals surface area contributed by atoms with Crippen molar-refractivity contribution in [3.05, 3.63) is 93.2 Å². The maximum absolute atomic E-state index is 11.9. The zero-order chi connectivity index (χ0) is 26.5. The van der Waals surface area contributed by atoms with E-state index in [1.807, 2.05) is 12.1 Å². The van der Waals surface area contributed by atoms with Gasteiger partial charge in [0, 0.05) is 55.2 Å². The number of ether oxygens (including phenoxy) is 1. The zero-order valence-corrected chi connectivity index (χ0v) is 21.6. The number of morpholine rings is 1. The van der Waals surface area contributed by atoms with Crippen LogP contribution in [-0.2, 0) is 23.1 Å². The summed E-state index contributed by atoms with van der Waals surface area (Å²) in [6.07, 6.45) is 2.09. The van der Waals surface area contributed by atoms with E-state index in [1.165, 1.54) is 11.9 Å². The molecule has 4 N–H and O–H groups in total. The lowest BCUT2D eigenvalue weighted by Crippen LogP contribution is -2.35.